The van der Waals surface area contributed by atoms with Gasteiger partial charge in [-0.05, 0) is 18.2 Å². The van der Waals surface area contributed by atoms with Crippen LogP contribution in [0.15, 0.2) is 22.6 Å². The van der Waals surface area contributed by atoms with Gasteiger partial charge in [0.1, 0.15) is 5.75 Å². The van der Waals surface area contributed by atoms with Gasteiger partial charge in [-0.1, -0.05) is 0 Å². The van der Waals surface area contributed by atoms with Gasteiger partial charge in [-0.15, -0.1) is 10.2 Å². The molecule has 2 N–H and O–H groups in total. The van der Waals surface area contributed by atoms with E-state index >= 15 is 0 Å². The second-order valence-electron chi connectivity index (χ2n) is 3.09. The Morgan fingerprint density at radius 3 is 2.73 bits per heavy atom. The number of nitrogen functional groups attached to an aromatic ring is 1. The predicted octanol–water partition coefficient (Wildman–Crippen LogP) is 1.64. The first-order chi connectivity index (χ1) is 7.20. The van der Waals surface area contributed by atoms with E-state index in [1.165, 1.54) is 0 Å². The first-order valence-electron chi connectivity index (χ1n) is 4.44. The number of rotatable bonds is 2. The average molecular weight is 205 g/mol. The Bertz CT molecular complexity index is 479. The van der Waals surface area contributed by atoms with Crippen LogP contribution in [-0.4, -0.2) is 17.3 Å². The van der Waals surface area contributed by atoms with Crippen molar-refractivity contribution in [3.8, 4) is 17.2 Å². The minimum atomic E-state index is 0.414. The third kappa shape index (κ3) is 1.76. The highest BCUT2D eigenvalue weighted by molar-refractivity contribution is 5.67. The number of hydrogen-bond donors (Lipinski definition) is 1. The van der Waals surface area contributed by atoms with E-state index in [1.807, 2.05) is 0 Å². The van der Waals surface area contributed by atoms with Gasteiger partial charge in [0.05, 0.1) is 12.7 Å². The Hall–Kier alpha value is -2.04. The van der Waals surface area contributed by atoms with Crippen LogP contribution in [0, 0.1) is 6.92 Å². The molecule has 5 nitrogen and oxygen atoms in total. The van der Waals surface area contributed by atoms with Crippen molar-refractivity contribution in [3.05, 3.63) is 24.1 Å². The van der Waals surface area contributed by atoms with Crippen molar-refractivity contribution in [1.82, 2.24) is 10.2 Å². The second-order valence-corrected chi connectivity index (χ2v) is 3.09. The van der Waals surface area contributed by atoms with E-state index in [2.05, 4.69) is 10.2 Å². The fraction of sp³-hybridized carbons (Fsp3) is 0.200. The van der Waals surface area contributed by atoms with E-state index in [1.54, 1.807) is 32.2 Å². The van der Waals surface area contributed by atoms with Crippen molar-refractivity contribution < 1.29 is 9.15 Å². The lowest BCUT2D eigenvalue weighted by Crippen LogP contribution is -1.91. The number of methoxy groups -OCH3 is 1. The molecule has 78 valence electrons. The molecule has 0 atom stereocenters. The van der Waals surface area contributed by atoms with Crippen LogP contribution in [0.3, 0.4) is 0 Å². The van der Waals surface area contributed by atoms with Crippen molar-refractivity contribution in [1.29, 1.82) is 0 Å². The van der Waals surface area contributed by atoms with Crippen LogP contribution in [0.1, 0.15) is 5.89 Å². The highest BCUT2D eigenvalue weighted by Gasteiger charge is 2.12. The average Bonchev–Trinajstić information content (AvgIpc) is 2.65. The largest absolute Gasteiger partial charge is 0.496 e. The summed E-state index contributed by atoms with van der Waals surface area (Å²) in [4.78, 5) is 0. The summed E-state index contributed by atoms with van der Waals surface area (Å²) < 4.78 is 10.5. The summed E-state index contributed by atoms with van der Waals surface area (Å²) in [5, 5.41) is 7.67. The third-order valence-corrected chi connectivity index (χ3v) is 1.98. The molecule has 2 rings (SSSR count). The number of aryl methyl sites for hydroxylation is 1. The van der Waals surface area contributed by atoms with E-state index < -0.39 is 0 Å². The van der Waals surface area contributed by atoms with Gasteiger partial charge in [0.25, 0.3) is 5.89 Å². The van der Waals surface area contributed by atoms with E-state index in [0.717, 1.165) is 0 Å². The molecule has 0 radical (unpaired) electrons. The van der Waals surface area contributed by atoms with Gasteiger partial charge in [-0.2, -0.15) is 0 Å². The Labute approximate surface area is 86.9 Å². The molecule has 0 bridgehead atoms. The second kappa shape index (κ2) is 3.61. The summed E-state index contributed by atoms with van der Waals surface area (Å²) in [6.07, 6.45) is 0. The maximum atomic E-state index is 5.68. The van der Waals surface area contributed by atoms with Crippen LogP contribution in [0.25, 0.3) is 11.5 Å². The number of hydrogen-bond acceptors (Lipinski definition) is 5. The number of aromatic nitrogens is 2. The lowest BCUT2D eigenvalue weighted by molar-refractivity contribution is 0.414. The van der Waals surface area contributed by atoms with E-state index in [0.29, 0.717) is 28.8 Å². The summed E-state index contributed by atoms with van der Waals surface area (Å²) in [6.45, 7) is 1.73. The number of benzene rings is 1. The van der Waals surface area contributed by atoms with Gasteiger partial charge in [-0.25, -0.2) is 0 Å². The van der Waals surface area contributed by atoms with Crippen molar-refractivity contribution in [2.75, 3.05) is 12.8 Å². The standard InChI is InChI=1S/C10H11N3O2/c1-6-12-13-10(15-6)8-5-7(11)3-4-9(8)14-2/h3-5H,11H2,1-2H3. The number of anilines is 1. The molecule has 5 heteroatoms. The molecule has 0 unspecified atom stereocenters. The summed E-state index contributed by atoms with van der Waals surface area (Å²) in [5.41, 5.74) is 7.01. The molecular weight excluding hydrogens is 194 g/mol. The molecule has 0 fully saturated rings. The highest BCUT2D eigenvalue weighted by atomic mass is 16.5. The molecule has 1 aromatic heterocycles. The molecule has 0 aliphatic heterocycles. The minimum Gasteiger partial charge on any atom is -0.496 e. The molecule has 0 aliphatic carbocycles. The van der Waals surface area contributed by atoms with Crippen LogP contribution in [-0.2, 0) is 0 Å². The first-order valence-corrected chi connectivity index (χ1v) is 4.44. The minimum absolute atomic E-state index is 0.414. The van der Waals surface area contributed by atoms with Gasteiger partial charge in [0.2, 0.25) is 5.89 Å². The summed E-state index contributed by atoms with van der Waals surface area (Å²) in [5.74, 6) is 1.58. The monoisotopic (exact) mass is 205 g/mol. The quantitative estimate of drug-likeness (QED) is 0.754. The molecule has 2 aromatic rings. The van der Waals surface area contributed by atoms with Crippen LogP contribution in [0.2, 0.25) is 0 Å². The van der Waals surface area contributed by atoms with Gasteiger partial charge >= 0.3 is 0 Å². The van der Waals surface area contributed by atoms with Gasteiger partial charge in [0, 0.05) is 12.6 Å². The zero-order valence-corrected chi connectivity index (χ0v) is 8.52. The molecule has 0 saturated carbocycles. The fourth-order valence-electron chi connectivity index (χ4n) is 1.30. The third-order valence-electron chi connectivity index (χ3n) is 1.98. The van der Waals surface area contributed by atoms with Gasteiger partial charge in [0.15, 0.2) is 0 Å². The fourth-order valence-corrected chi connectivity index (χ4v) is 1.30. The molecule has 1 heterocycles. The van der Waals surface area contributed by atoms with Crippen molar-refractivity contribution in [2.24, 2.45) is 0 Å². The van der Waals surface area contributed by atoms with Crippen LogP contribution >= 0.6 is 0 Å². The van der Waals surface area contributed by atoms with Crippen LogP contribution < -0.4 is 10.5 Å². The Morgan fingerprint density at radius 2 is 2.13 bits per heavy atom. The van der Waals surface area contributed by atoms with Gasteiger partial charge in [-0.3, -0.25) is 0 Å². The maximum Gasteiger partial charge on any atom is 0.251 e. The molecule has 0 aliphatic rings. The zero-order chi connectivity index (χ0) is 10.8. The number of nitrogens with zero attached hydrogens (tertiary/aromatic N) is 2. The molecular formula is C10H11N3O2. The summed E-state index contributed by atoms with van der Waals surface area (Å²) in [6, 6.07) is 5.27. The normalized spacial score (nSPS) is 10.3. The van der Waals surface area contributed by atoms with E-state index in [-0.39, 0.29) is 0 Å². The Morgan fingerprint density at radius 1 is 1.33 bits per heavy atom. The molecule has 0 saturated heterocycles. The zero-order valence-electron chi connectivity index (χ0n) is 8.52. The molecule has 0 spiro atoms. The summed E-state index contributed by atoms with van der Waals surface area (Å²) >= 11 is 0. The molecule has 1 aromatic carbocycles. The predicted molar refractivity (Wildman–Crippen MR) is 55.4 cm³/mol. The highest BCUT2D eigenvalue weighted by Crippen LogP contribution is 2.30. The molecule has 0 amide bonds. The Balaban J connectivity index is 2.55. The van der Waals surface area contributed by atoms with Crippen LogP contribution in [0.4, 0.5) is 5.69 Å². The van der Waals surface area contributed by atoms with Crippen LogP contribution in [0.5, 0.6) is 5.75 Å². The van der Waals surface area contributed by atoms with Crippen molar-refractivity contribution >= 4 is 5.69 Å². The summed E-state index contributed by atoms with van der Waals surface area (Å²) in [7, 11) is 1.58. The van der Waals surface area contributed by atoms with Gasteiger partial charge < -0.3 is 14.9 Å². The van der Waals surface area contributed by atoms with Crippen molar-refractivity contribution in [2.45, 2.75) is 6.92 Å². The smallest absolute Gasteiger partial charge is 0.251 e. The number of nitrogens with two attached hydrogens (primary N) is 1. The van der Waals surface area contributed by atoms with E-state index in [9.17, 15) is 0 Å². The first kappa shape index (κ1) is 9.51. The Kier molecular flexibility index (Phi) is 2.29. The van der Waals surface area contributed by atoms with Crippen molar-refractivity contribution in [3.63, 3.8) is 0 Å². The lowest BCUT2D eigenvalue weighted by atomic mass is 10.2. The number of ether oxygens (including phenoxy) is 1. The topological polar surface area (TPSA) is 74.2 Å². The molecule has 15 heavy (non-hydrogen) atoms. The maximum absolute atomic E-state index is 5.68. The lowest BCUT2D eigenvalue weighted by Gasteiger charge is -2.05. The SMILES string of the molecule is COc1ccc(N)cc1-c1nnc(C)o1. The van der Waals surface area contributed by atoms with E-state index in [4.69, 9.17) is 14.9 Å².